The van der Waals surface area contributed by atoms with Crippen molar-refractivity contribution >= 4 is 35.1 Å². The third-order valence-electron chi connectivity index (χ3n) is 3.16. The molecule has 2 heterocycles. The molecule has 1 amide bonds. The lowest BCUT2D eigenvalue weighted by Gasteiger charge is -2.37. The third-order valence-corrected chi connectivity index (χ3v) is 4.75. The van der Waals surface area contributed by atoms with E-state index in [2.05, 4.69) is 24.1 Å². The van der Waals surface area contributed by atoms with Gasteiger partial charge in [0.25, 0.3) is 5.91 Å². The summed E-state index contributed by atoms with van der Waals surface area (Å²) >= 11 is 8.04. The molecule has 0 atom stereocenters. The van der Waals surface area contributed by atoms with Gasteiger partial charge in [-0.1, -0.05) is 11.6 Å². The minimum atomic E-state index is -0.00933. The number of carbonyl (C=O) groups excluding carboxylic acids is 1. The predicted molar refractivity (Wildman–Crippen MR) is 85.9 cm³/mol. The zero-order valence-electron chi connectivity index (χ0n) is 12.1. The monoisotopic (exact) mass is 313 g/mol. The van der Waals surface area contributed by atoms with E-state index >= 15 is 0 Å². The molecule has 0 aromatic carbocycles. The lowest BCUT2D eigenvalue weighted by Crippen LogP contribution is -2.46. The highest BCUT2D eigenvalue weighted by Crippen LogP contribution is 2.31. The van der Waals surface area contributed by atoms with Crippen molar-refractivity contribution in [2.75, 3.05) is 30.7 Å². The second-order valence-electron chi connectivity index (χ2n) is 5.41. The summed E-state index contributed by atoms with van der Waals surface area (Å²) in [6, 6.07) is 1.74. The van der Waals surface area contributed by atoms with E-state index in [-0.39, 0.29) is 10.7 Å². The molecule has 4 nitrogen and oxygen atoms in total. The molecule has 2 rings (SSSR count). The van der Waals surface area contributed by atoms with E-state index in [0.29, 0.717) is 16.4 Å². The van der Waals surface area contributed by atoms with Gasteiger partial charge in [0, 0.05) is 36.3 Å². The molecule has 1 aliphatic rings. The molecule has 1 fully saturated rings. The van der Waals surface area contributed by atoms with Crippen molar-refractivity contribution in [1.29, 1.82) is 0 Å². The number of carbonyl (C=O) groups is 1. The van der Waals surface area contributed by atoms with Crippen molar-refractivity contribution < 1.29 is 4.79 Å². The number of pyridine rings is 1. The molecule has 0 aliphatic carbocycles. The first-order valence-electron chi connectivity index (χ1n) is 6.75. The Balaban J connectivity index is 2.21. The number of hydrogen-bond donors (Lipinski definition) is 1. The number of nitrogens with one attached hydrogen (secondary N) is 1. The van der Waals surface area contributed by atoms with Crippen LogP contribution in [0.15, 0.2) is 12.3 Å². The van der Waals surface area contributed by atoms with Gasteiger partial charge < -0.3 is 10.2 Å². The van der Waals surface area contributed by atoms with Gasteiger partial charge in [-0.05, 0) is 26.8 Å². The molecule has 110 valence electrons. The molecule has 1 aromatic rings. The minimum Gasteiger partial charge on any atom is -0.370 e. The van der Waals surface area contributed by atoms with Gasteiger partial charge in [-0.3, -0.25) is 4.79 Å². The molecule has 1 aromatic heterocycles. The van der Waals surface area contributed by atoms with Crippen molar-refractivity contribution in [2.24, 2.45) is 0 Å². The van der Waals surface area contributed by atoms with Crippen molar-refractivity contribution in [3.8, 4) is 0 Å². The Morgan fingerprint density at radius 3 is 3.00 bits per heavy atom. The van der Waals surface area contributed by atoms with Crippen LogP contribution in [0.5, 0.6) is 0 Å². The first-order chi connectivity index (χ1) is 9.43. The lowest BCUT2D eigenvalue weighted by atomic mass is 10.1. The van der Waals surface area contributed by atoms with Crippen LogP contribution in [-0.2, 0) is 0 Å². The maximum absolute atomic E-state index is 12.6. The van der Waals surface area contributed by atoms with E-state index in [1.165, 1.54) is 6.20 Å². The molecular formula is C14H20ClN3OS. The van der Waals surface area contributed by atoms with Crippen LogP contribution in [0.25, 0.3) is 0 Å². The summed E-state index contributed by atoms with van der Waals surface area (Å²) in [5.74, 6) is 1.64. The fourth-order valence-electron chi connectivity index (χ4n) is 2.24. The van der Waals surface area contributed by atoms with Gasteiger partial charge in [-0.2, -0.15) is 11.8 Å². The Morgan fingerprint density at radius 1 is 1.60 bits per heavy atom. The average molecular weight is 314 g/mol. The Kier molecular flexibility index (Phi) is 4.81. The molecule has 0 saturated carbocycles. The van der Waals surface area contributed by atoms with Crippen LogP contribution < -0.4 is 5.32 Å². The summed E-state index contributed by atoms with van der Waals surface area (Å²) in [5, 5.41) is 3.51. The van der Waals surface area contributed by atoms with Crippen molar-refractivity contribution in [2.45, 2.75) is 25.5 Å². The predicted octanol–water partition coefficient (Wildman–Crippen LogP) is 3.13. The number of halogens is 1. The number of rotatable bonds is 3. The second-order valence-corrected chi connectivity index (χ2v) is 7.62. The summed E-state index contributed by atoms with van der Waals surface area (Å²) < 4.78 is 0.0952. The fraction of sp³-hybridized carbons (Fsp3) is 0.571. The van der Waals surface area contributed by atoms with E-state index in [9.17, 15) is 4.79 Å². The number of anilines is 1. The van der Waals surface area contributed by atoms with E-state index in [1.54, 1.807) is 6.07 Å². The van der Waals surface area contributed by atoms with E-state index in [1.807, 2.05) is 23.6 Å². The molecule has 0 bridgehead atoms. The first kappa shape index (κ1) is 15.4. The lowest BCUT2D eigenvalue weighted by molar-refractivity contribution is 0.0748. The van der Waals surface area contributed by atoms with E-state index in [0.717, 1.165) is 25.4 Å². The molecule has 6 heteroatoms. The summed E-state index contributed by atoms with van der Waals surface area (Å²) in [5.41, 5.74) is 0.528. The molecule has 1 N–H and O–H groups in total. The highest BCUT2D eigenvalue weighted by Gasteiger charge is 2.31. The van der Waals surface area contributed by atoms with E-state index < -0.39 is 0 Å². The SMILES string of the molecule is CCNc1cc(C(=O)N2CCSC(C)(C)C2)c(Cl)cn1. The maximum atomic E-state index is 12.6. The van der Waals surface area contributed by atoms with Crippen LogP contribution in [-0.4, -0.2) is 45.9 Å². The Hall–Kier alpha value is -0.940. The van der Waals surface area contributed by atoms with Gasteiger partial charge in [0.2, 0.25) is 0 Å². The van der Waals surface area contributed by atoms with Crippen molar-refractivity contribution in [1.82, 2.24) is 9.88 Å². The van der Waals surface area contributed by atoms with Crippen LogP contribution in [0.4, 0.5) is 5.82 Å². The Labute approximate surface area is 129 Å². The molecule has 1 saturated heterocycles. The number of thioether (sulfide) groups is 1. The second kappa shape index (κ2) is 6.22. The summed E-state index contributed by atoms with van der Waals surface area (Å²) in [7, 11) is 0. The topological polar surface area (TPSA) is 45.2 Å². The van der Waals surface area contributed by atoms with Crippen LogP contribution in [0.2, 0.25) is 5.02 Å². The van der Waals surface area contributed by atoms with Gasteiger partial charge >= 0.3 is 0 Å². The molecule has 20 heavy (non-hydrogen) atoms. The highest BCUT2D eigenvalue weighted by atomic mass is 35.5. The maximum Gasteiger partial charge on any atom is 0.255 e. The van der Waals surface area contributed by atoms with Gasteiger partial charge in [-0.25, -0.2) is 4.98 Å². The summed E-state index contributed by atoms with van der Waals surface area (Å²) in [4.78, 5) is 18.7. The fourth-order valence-corrected chi connectivity index (χ4v) is 3.54. The zero-order valence-corrected chi connectivity index (χ0v) is 13.6. The highest BCUT2D eigenvalue weighted by molar-refractivity contribution is 8.00. The van der Waals surface area contributed by atoms with Gasteiger partial charge in [-0.15, -0.1) is 0 Å². The van der Waals surface area contributed by atoms with Crippen LogP contribution in [0.3, 0.4) is 0 Å². The van der Waals surface area contributed by atoms with Gasteiger partial charge in [0.05, 0.1) is 10.6 Å². The quantitative estimate of drug-likeness (QED) is 0.931. The van der Waals surface area contributed by atoms with Crippen molar-refractivity contribution in [3.63, 3.8) is 0 Å². The van der Waals surface area contributed by atoms with Gasteiger partial charge in [0.15, 0.2) is 0 Å². The molecule has 0 unspecified atom stereocenters. The summed E-state index contributed by atoms with van der Waals surface area (Å²) in [6.07, 6.45) is 1.54. The van der Waals surface area contributed by atoms with Crippen LogP contribution in [0, 0.1) is 0 Å². The van der Waals surface area contributed by atoms with E-state index in [4.69, 9.17) is 11.6 Å². The Bertz CT molecular complexity index is 507. The minimum absolute atomic E-state index is 0.00933. The number of nitrogens with zero attached hydrogens (tertiary/aromatic N) is 2. The first-order valence-corrected chi connectivity index (χ1v) is 8.12. The van der Waals surface area contributed by atoms with Crippen molar-refractivity contribution in [3.05, 3.63) is 22.8 Å². The number of hydrogen-bond acceptors (Lipinski definition) is 4. The molecule has 0 spiro atoms. The smallest absolute Gasteiger partial charge is 0.255 e. The molecular weight excluding hydrogens is 294 g/mol. The van der Waals surface area contributed by atoms with Crippen LogP contribution >= 0.6 is 23.4 Å². The summed E-state index contributed by atoms with van der Waals surface area (Å²) in [6.45, 7) is 8.58. The number of aromatic nitrogens is 1. The molecule has 1 aliphatic heterocycles. The van der Waals surface area contributed by atoms with Crippen LogP contribution in [0.1, 0.15) is 31.1 Å². The Morgan fingerprint density at radius 2 is 2.35 bits per heavy atom. The average Bonchev–Trinajstić information content (AvgIpc) is 2.39. The third kappa shape index (κ3) is 3.58. The standard InChI is InChI=1S/C14H20ClN3OS/c1-4-16-12-7-10(11(15)8-17-12)13(19)18-5-6-20-14(2,3)9-18/h7-8H,4-6,9H2,1-3H3,(H,16,17). The molecule has 0 radical (unpaired) electrons. The largest absolute Gasteiger partial charge is 0.370 e. The number of amides is 1. The zero-order chi connectivity index (χ0) is 14.8. The van der Waals surface area contributed by atoms with Gasteiger partial charge in [0.1, 0.15) is 5.82 Å². The normalized spacial score (nSPS) is 17.9.